The lowest BCUT2D eigenvalue weighted by Crippen LogP contribution is -2.46. The predicted octanol–water partition coefficient (Wildman–Crippen LogP) is 1.10. The van der Waals surface area contributed by atoms with Crippen LogP contribution in [0.3, 0.4) is 0 Å². The van der Waals surface area contributed by atoms with Gasteiger partial charge < -0.3 is 15.6 Å². The molecule has 0 rings (SSSR count). The Hall–Kier alpha value is -0.890. The van der Waals surface area contributed by atoms with Gasteiger partial charge in [0.25, 0.3) is 0 Å². The molecule has 0 saturated heterocycles. The molecule has 0 fully saturated rings. The monoisotopic (exact) mass is 247 g/mol. The summed E-state index contributed by atoms with van der Waals surface area (Å²) in [7, 11) is 0. The SMILES string of the molecule is CC(N)(CCOCC(F)(F)C(F)F)C(=O)O. The summed E-state index contributed by atoms with van der Waals surface area (Å²) < 4.78 is 52.2. The van der Waals surface area contributed by atoms with Gasteiger partial charge in [0.2, 0.25) is 0 Å². The van der Waals surface area contributed by atoms with E-state index in [0.29, 0.717) is 0 Å². The van der Waals surface area contributed by atoms with Crippen molar-refractivity contribution >= 4 is 5.97 Å². The van der Waals surface area contributed by atoms with Gasteiger partial charge in [-0.25, -0.2) is 8.78 Å². The fraction of sp³-hybridized carbons (Fsp3) is 0.875. The lowest BCUT2D eigenvalue weighted by Gasteiger charge is -2.20. The smallest absolute Gasteiger partial charge is 0.330 e. The van der Waals surface area contributed by atoms with Crippen LogP contribution < -0.4 is 5.73 Å². The van der Waals surface area contributed by atoms with Gasteiger partial charge in [-0.2, -0.15) is 8.78 Å². The number of rotatable bonds is 7. The zero-order valence-corrected chi connectivity index (χ0v) is 8.55. The molecule has 1 unspecified atom stereocenters. The summed E-state index contributed by atoms with van der Waals surface area (Å²) in [6, 6.07) is 0. The molecule has 0 amide bonds. The minimum absolute atomic E-state index is 0.248. The first kappa shape index (κ1) is 15.1. The van der Waals surface area contributed by atoms with Gasteiger partial charge >= 0.3 is 18.3 Å². The molecule has 0 aromatic carbocycles. The summed E-state index contributed by atoms with van der Waals surface area (Å²) >= 11 is 0. The highest BCUT2D eigenvalue weighted by atomic mass is 19.3. The van der Waals surface area contributed by atoms with E-state index in [4.69, 9.17) is 10.8 Å². The third-order valence-corrected chi connectivity index (χ3v) is 1.87. The molecule has 0 saturated carbocycles. The second-order valence-corrected chi connectivity index (χ2v) is 3.59. The summed E-state index contributed by atoms with van der Waals surface area (Å²) in [6.07, 6.45) is -4.06. The van der Waals surface area contributed by atoms with Gasteiger partial charge in [0.05, 0.1) is 0 Å². The van der Waals surface area contributed by atoms with Crippen LogP contribution in [0.2, 0.25) is 0 Å². The molecule has 4 nitrogen and oxygen atoms in total. The van der Waals surface area contributed by atoms with Gasteiger partial charge in [0, 0.05) is 6.61 Å². The van der Waals surface area contributed by atoms with Crippen LogP contribution in [0, 0.1) is 0 Å². The molecule has 0 aromatic rings. The van der Waals surface area contributed by atoms with Crippen molar-refractivity contribution in [2.24, 2.45) is 5.73 Å². The fourth-order valence-corrected chi connectivity index (χ4v) is 0.662. The number of alkyl halides is 4. The van der Waals surface area contributed by atoms with Crippen molar-refractivity contribution in [3.63, 3.8) is 0 Å². The summed E-state index contributed by atoms with van der Waals surface area (Å²) in [5, 5.41) is 8.54. The molecule has 0 radical (unpaired) electrons. The largest absolute Gasteiger partial charge is 0.480 e. The number of hydrogen-bond donors (Lipinski definition) is 2. The quantitative estimate of drug-likeness (QED) is 0.522. The van der Waals surface area contributed by atoms with Crippen molar-refractivity contribution in [1.29, 1.82) is 0 Å². The molecule has 3 N–H and O–H groups in total. The molecule has 0 spiro atoms. The van der Waals surface area contributed by atoms with Gasteiger partial charge in [0.1, 0.15) is 12.1 Å². The molecule has 0 aliphatic carbocycles. The molecule has 1 atom stereocenters. The lowest BCUT2D eigenvalue weighted by molar-refractivity contribution is -0.167. The number of nitrogens with two attached hydrogens (primary N) is 1. The van der Waals surface area contributed by atoms with Crippen molar-refractivity contribution in [3.8, 4) is 0 Å². The molecular weight excluding hydrogens is 234 g/mol. The van der Waals surface area contributed by atoms with E-state index < -0.39 is 37.1 Å². The zero-order valence-electron chi connectivity index (χ0n) is 8.55. The topological polar surface area (TPSA) is 72.5 Å². The third-order valence-electron chi connectivity index (χ3n) is 1.87. The molecule has 8 heteroatoms. The van der Waals surface area contributed by atoms with Gasteiger partial charge in [-0.3, -0.25) is 4.79 Å². The number of carbonyl (C=O) groups is 1. The summed E-state index contributed by atoms with van der Waals surface area (Å²) in [6.45, 7) is -0.716. The maximum absolute atomic E-state index is 12.3. The van der Waals surface area contributed by atoms with E-state index in [1.54, 1.807) is 0 Å². The molecule has 0 aromatic heterocycles. The minimum Gasteiger partial charge on any atom is -0.480 e. The predicted molar refractivity (Wildman–Crippen MR) is 46.6 cm³/mol. The second kappa shape index (κ2) is 5.44. The van der Waals surface area contributed by atoms with Crippen LogP contribution in [0.4, 0.5) is 17.6 Å². The Balaban J connectivity index is 3.90. The fourth-order valence-electron chi connectivity index (χ4n) is 0.662. The number of hydrogen-bond acceptors (Lipinski definition) is 3. The Morgan fingerprint density at radius 3 is 2.38 bits per heavy atom. The maximum atomic E-state index is 12.3. The third kappa shape index (κ3) is 4.75. The van der Waals surface area contributed by atoms with E-state index in [1.807, 2.05) is 0 Å². The van der Waals surface area contributed by atoms with E-state index in [0.717, 1.165) is 0 Å². The minimum atomic E-state index is -4.23. The molecular formula is C8H13F4NO3. The van der Waals surface area contributed by atoms with Crippen LogP contribution in [0.25, 0.3) is 0 Å². The van der Waals surface area contributed by atoms with Crippen molar-refractivity contribution in [2.75, 3.05) is 13.2 Å². The van der Waals surface area contributed by atoms with Gasteiger partial charge in [-0.1, -0.05) is 0 Å². The number of halogens is 4. The van der Waals surface area contributed by atoms with Gasteiger partial charge in [0.15, 0.2) is 0 Å². The maximum Gasteiger partial charge on any atom is 0.330 e. The average molecular weight is 247 g/mol. The van der Waals surface area contributed by atoms with Crippen LogP contribution in [0.5, 0.6) is 0 Å². The highest BCUT2D eigenvalue weighted by Crippen LogP contribution is 2.23. The Labute approximate surface area is 89.4 Å². The van der Waals surface area contributed by atoms with Crippen molar-refractivity contribution < 1.29 is 32.2 Å². The van der Waals surface area contributed by atoms with E-state index in [2.05, 4.69) is 4.74 Å². The van der Waals surface area contributed by atoms with E-state index >= 15 is 0 Å². The number of ether oxygens (including phenoxy) is 1. The number of carboxylic acid groups (broad SMARTS) is 1. The summed E-state index contributed by atoms with van der Waals surface area (Å²) in [5.74, 6) is -5.55. The Kier molecular flexibility index (Phi) is 5.14. The average Bonchev–Trinajstić information content (AvgIpc) is 2.12. The van der Waals surface area contributed by atoms with E-state index in [9.17, 15) is 22.4 Å². The molecule has 16 heavy (non-hydrogen) atoms. The first-order valence-electron chi connectivity index (χ1n) is 4.35. The number of carboxylic acids is 1. The molecule has 0 heterocycles. The van der Waals surface area contributed by atoms with Crippen LogP contribution in [-0.4, -0.2) is 42.2 Å². The highest BCUT2D eigenvalue weighted by molar-refractivity contribution is 5.77. The van der Waals surface area contributed by atoms with Crippen LogP contribution in [0.1, 0.15) is 13.3 Å². The second-order valence-electron chi connectivity index (χ2n) is 3.59. The highest BCUT2D eigenvalue weighted by Gasteiger charge is 2.41. The first-order valence-corrected chi connectivity index (χ1v) is 4.35. The van der Waals surface area contributed by atoms with Gasteiger partial charge in [-0.15, -0.1) is 0 Å². The summed E-state index contributed by atoms with van der Waals surface area (Å²) in [4.78, 5) is 10.5. The van der Waals surface area contributed by atoms with E-state index in [1.165, 1.54) is 6.92 Å². The summed E-state index contributed by atoms with van der Waals surface area (Å²) in [5.41, 5.74) is 3.63. The number of aliphatic carboxylic acids is 1. The molecule has 96 valence electrons. The lowest BCUT2D eigenvalue weighted by atomic mass is 10.0. The van der Waals surface area contributed by atoms with Crippen molar-refractivity contribution in [2.45, 2.75) is 31.2 Å². The first-order chi connectivity index (χ1) is 7.09. The zero-order chi connectivity index (χ0) is 13.0. The van der Waals surface area contributed by atoms with Gasteiger partial charge in [-0.05, 0) is 13.3 Å². The molecule has 0 bridgehead atoms. The van der Waals surface area contributed by atoms with Crippen LogP contribution in [-0.2, 0) is 9.53 Å². The standard InChI is InChI=1S/C8H13F4NO3/c1-7(13,6(14)15)2-3-16-4-8(11,12)5(9)10/h5H,2-4,13H2,1H3,(H,14,15). The molecule has 0 aliphatic heterocycles. The van der Waals surface area contributed by atoms with E-state index in [-0.39, 0.29) is 6.42 Å². The van der Waals surface area contributed by atoms with Crippen LogP contribution >= 0.6 is 0 Å². The Bertz CT molecular complexity index is 245. The Morgan fingerprint density at radius 2 is 2.00 bits per heavy atom. The van der Waals surface area contributed by atoms with Crippen molar-refractivity contribution in [1.82, 2.24) is 0 Å². The molecule has 0 aliphatic rings. The Morgan fingerprint density at radius 1 is 1.50 bits per heavy atom. The van der Waals surface area contributed by atoms with Crippen LogP contribution in [0.15, 0.2) is 0 Å². The normalized spacial score (nSPS) is 16.2. The van der Waals surface area contributed by atoms with Crippen molar-refractivity contribution in [3.05, 3.63) is 0 Å².